The van der Waals surface area contributed by atoms with Crippen LogP contribution in [0, 0.1) is 0 Å². The summed E-state index contributed by atoms with van der Waals surface area (Å²) in [6.07, 6.45) is -0.694. The fraction of sp³-hybridized carbons (Fsp3) is 0.200. The van der Waals surface area contributed by atoms with Crippen LogP contribution in [-0.2, 0) is 0 Å². The highest BCUT2D eigenvalue weighted by Gasteiger charge is 2.11. The summed E-state index contributed by atoms with van der Waals surface area (Å²) in [4.78, 5) is 0. The number of aliphatic hydroxyl groups excluding tert-OH is 1. The zero-order chi connectivity index (χ0) is 10.3. The third-order valence-corrected chi connectivity index (χ3v) is 2.23. The minimum absolute atomic E-state index is 0.0585. The maximum absolute atomic E-state index is 9.52. The SMILES string of the molecule is CC(O)c1cc2c(O)cc(Cl)cc2o1. The Morgan fingerprint density at radius 2 is 2.07 bits per heavy atom. The number of phenols is 1. The summed E-state index contributed by atoms with van der Waals surface area (Å²) in [6.45, 7) is 1.59. The third kappa shape index (κ3) is 1.45. The van der Waals surface area contributed by atoms with E-state index in [0.29, 0.717) is 21.8 Å². The van der Waals surface area contributed by atoms with Crippen LogP contribution in [0.4, 0.5) is 0 Å². The molecule has 1 aromatic heterocycles. The highest BCUT2D eigenvalue weighted by Crippen LogP contribution is 2.33. The molecule has 2 rings (SSSR count). The molecule has 14 heavy (non-hydrogen) atoms. The Hall–Kier alpha value is -1.19. The summed E-state index contributed by atoms with van der Waals surface area (Å²) >= 11 is 5.73. The number of hydrogen-bond donors (Lipinski definition) is 2. The normalized spacial score (nSPS) is 13.4. The number of phenolic OH excluding ortho intramolecular Hbond substituents is 1. The maximum atomic E-state index is 9.52. The van der Waals surface area contributed by atoms with Crippen molar-refractivity contribution >= 4 is 22.6 Å². The summed E-state index contributed by atoms with van der Waals surface area (Å²) in [5, 5.41) is 19.8. The van der Waals surface area contributed by atoms with E-state index in [2.05, 4.69) is 0 Å². The lowest BCUT2D eigenvalue weighted by Crippen LogP contribution is -1.85. The molecule has 0 aliphatic rings. The topological polar surface area (TPSA) is 53.6 Å². The third-order valence-electron chi connectivity index (χ3n) is 2.01. The number of benzene rings is 1. The molecule has 1 unspecified atom stereocenters. The van der Waals surface area contributed by atoms with E-state index in [4.69, 9.17) is 16.0 Å². The first-order chi connectivity index (χ1) is 6.58. The van der Waals surface area contributed by atoms with Gasteiger partial charge in [0.1, 0.15) is 23.2 Å². The number of aliphatic hydroxyl groups is 1. The van der Waals surface area contributed by atoms with Crippen molar-refractivity contribution in [1.82, 2.24) is 0 Å². The van der Waals surface area contributed by atoms with Gasteiger partial charge in [-0.05, 0) is 19.1 Å². The summed E-state index contributed by atoms with van der Waals surface area (Å²) in [6, 6.07) is 4.64. The molecular formula is C10H9ClO3. The molecule has 1 atom stereocenters. The smallest absolute Gasteiger partial charge is 0.139 e. The molecule has 0 saturated carbocycles. The van der Waals surface area contributed by atoms with Gasteiger partial charge in [-0.15, -0.1) is 0 Å². The van der Waals surface area contributed by atoms with Crippen molar-refractivity contribution in [2.75, 3.05) is 0 Å². The van der Waals surface area contributed by atoms with Gasteiger partial charge in [0.25, 0.3) is 0 Å². The lowest BCUT2D eigenvalue weighted by atomic mass is 10.2. The Bertz CT molecular complexity index is 473. The van der Waals surface area contributed by atoms with Gasteiger partial charge in [0, 0.05) is 11.1 Å². The summed E-state index contributed by atoms with van der Waals surface area (Å²) in [5.41, 5.74) is 0.478. The molecule has 4 heteroatoms. The molecule has 0 radical (unpaired) electrons. The first-order valence-electron chi connectivity index (χ1n) is 4.18. The Kier molecular flexibility index (Phi) is 2.13. The second-order valence-electron chi connectivity index (χ2n) is 3.16. The average molecular weight is 213 g/mol. The first-order valence-corrected chi connectivity index (χ1v) is 4.56. The monoisotopic (exact) mass is 212 g/mol. The van der Waals surface area contributed by atoms with Crippen molar-refractivity contribution in [3.05, 3.63) is 29.0 Å². The lowest BCUT2D eigenvalue weighted by molar-refractivity contribution is 0.172. The molecule has 2 aromatic rings. The number of hydrogen-bond acceptors (Lipinski definition) is 3. The lowest BCUT2D eigenvalue weighted by Gasteiger charge is -1.95. The molecule has 1 aromatic carbocycles. The first kappa shape index (κ1) is 9.37. The number of halogens is 1. The van der Waals surface area contributed by atoms with Gasteiger partial charge in [0.2, 0.25) is 0 Å². The Morgan fingerprint density at radius 3 is 2.71 bits per heavy atom. The van der Waals surface area contributed by atoms with E-state index < -0.39 is 6.10 Å². The predicted molar refractivity (Wildman–Crippen MR) is 53.5 cm³/mol. The van der Waals surface area contributed by atoms with Crippen LogP contribution in [0.15, 0.2) is 22.6 Å². The van der Waals surface area contributed by atoms with Gasteiger partial charge in [-0.1, -0.05) is 11.6 Å². The van der Waals surface area contributed by atoms with Gasteiger partial charge < -0.3 is 14.6 Å². The van der Waals surface area contributed by atoms with E-state index >= 15 is 0 Å². The minimum atomic E-state index is -0.694. The number of fused-ring (bicyclic) bond motifs is 1. The van der Waals surface area contributed by atoms with Gasteiger partial charge in [-0.3, -0.25) is 0 Å². The fourth-order valence-corrected chi connectivity index (χ4v) is 1.52. The highest BCUT2D eigenvalue weighted by molar-refractivity contribution is 6.31. The van der Waals surface area contributed by atoms with E-state index in [-0.39, 0.29) is 5.75 Å². The number of furan rings is 1. The Morgan fingerprint density at radius 1 is 1.36 bits per heavy atom. The zero-order valence-corrected chi connectivity index (χ0v) is 8.25. The largest absolute Gasteiger partial charge is 0.507 e. The molecule has 74 valence electrons. The summed E-state index contributed by atoms with van der Waals surface area (Å²) in [7, 11) is 0. The minimum Gasteiger partial charge on any atom is -0.507 e. The van der Waals surface area contributed by atoms with E-state index in [1.807, 2.05) is 0 Å². The van der Waals surface area contributed by atoms with Gasteiger partial charge in [-0.2, -0.15) is 0 Å². The van der Waals surface area contributed by atoms with Crippen molar-refractivity contribution in [3.63, 3.8) is 0 Å². The van der Waals surface area contributed by atoms with Crippen LogP contribution in [0.5, 0.6) is 5.75 Å². The standard InChI is InChI=1S/C10H9ClO3/c1-5(12)9-4-7-8(13)2-6(11)3-10(7)14-9/h2-5,12-13H,1H3. The predicted octanol–water partition coefficient (Wildman–Crippen LogP) is 2.85. The average Bonchev–Trinajstić information content (AvgIpc) is 2.47. The molecular weight excluding hydrogens is 204 g/mol. The van der Waals surface area contributed by atoms with E-state index in [1.54, 1.807) is 19.1 Å². The molecule has 0 amide bonds. The molecule has 0 bridgehead atoms. The molecule has 0 spiro atoms. The van der Waals surface area contributed by atoms with Gasteiger partial charge in [0.05, 0.1) is 5.39 Å². The molecule has 0 aliphatic heterocycles. The van der Waals surface area contributed by atoms with Crippen molar-refractivity contribution in [2.24, 2.45) is 0 Å². The van der Waals surface area contributed by atoms with Crippen molar-refractivity contribution in [1.29, 1.82) is 0 Å². The van der Waals surface area contributed by atoms with Crippen LogP contribution < -0.4 is 0 Å². The molecule has 0 fully saturated rings. The van der Waals surface area contributed by atoms with Gasteiger partial charge in [-0.25, -0.2) is 0 Å². The van der Waals surface area contributed by atoms with Crippen LogP contribution in [0.1, 0.15) is 18.8 Å². The summed E-state index contributed by atoms with van der Waals surface area (Å²) in [5.74, 6) is 0.473. The Labute approximate surface area is 85.5 Å². The van der Waals surface area contributed by atoms with Crippen LogP contribution in [0.25, 0.3) is 11.0 Å². The van der Waals surface area contributed by atoms with Gasteiger partial charge in [0.15, 0.2) is 0 Å². The van der Waals surface area contributed by atoms with Crippen LogP contribution >= 0.6 is 11.6 Å². The fourth-order valence-electron chi connectivity index (χ4n) is 1.31. The number of aromatic hydroxyl groups is 1. The second kappa shape index (κ2) is 3.19. The highest BCUT2D eigenvalue weighted by atomic mass is 35.5. The van der Waals surface area contributed by atoms with Gasteiger partial charge >= 0.3 is 0 Å². The molecule has 3 nitrogen and oxygen atoms in total. The van der Waals surface area contributed by atoms with Crippen molar-refractivity contribution < 1.29 is 14.6 Å². The van der Waals surface area contributed by atoms with Crippen LogP contribution in [0.2, 0.25) is 5.02 Å². The maximum Gasteiger partial charge on any atom is 0.139 e. The molecule has 2 N–H and O–H groups in total. The zero-order valence-electron chi connectivity index (χ0n) is 7.49. The van der Waals surface area contributed by atoms with E-state index in [1.165, 1.54) is 6.07 Å². The molecule has 1 heterocycles. The molecule has 0 aliphatic carbocycles. The number of rotatable bonds is 1. The molecule has 0 saturated heterocycles. The summed E-state index contributed by atoms with van der Waals surface area (Å²) < 4.78 is 5.30. The van der Waals surface area contributed by atoms with E-state index in [9.17, 15) is 10.2 Å². The quantitative estimate of drug-likeness (QED) is 0.764. The van der Waals surface area contributed by atoms with E-state index in [0.717, 1.165) is 0 Å². The second-order valence-corrected chi connectivity index (χ2v) is 3.60. The van der Waals surface area contributed by atoms with Crippen LogP contribution in [0.3, 0.4) is 0 Å². The van der Waals surface area contributed by atoms with Crippen molar-refractivity contribution in [2.45, 2.75) is 13.0 Å². The van der Waals surface area contributed by atoms with Crippen LogP contribution in [-0.4, -0.2) is 10.2 Å². The Balaban J connectivity index is 2.70. The van der Waals surface area contributed by atoms with Crippen molar-refractivity contribution in [3.8, 4) is 5.75 Å².